The zero-order chi connectivity index (χ0) is 9.97. The van der Waals surface area contributed by atoms with Crippen molar-refractivity contribution < 1.29 is 0 Å². The Balaban J connectivity index is 2.23. The van der Waals surface area contributed by atoms with E-state index in [-0.39, 0.29) is 0 Å². The van der Waals surface area contributed by atoms with E-state index < -0.39 is 0 Å². The van der Waals surface area contributed by atoms with E-state index in [4.69, 9.17) is 5.73 Å². The van der Waals surface area contributed by atoms with Gasteiger partial charge in [0.15, 0.2) is 0 Å². The predicted molar refractivity (Wildman–Crippen MR) is 56.3 cm³/mol. The summed E-state index contributed by atoms with van der Waals surface area (Å²) >= 11 is 0. The molecule has 3 N–H and O–H groups in total. The van der Waals surface area contributed by atoms with Gasteiger partial charge in [-0.05, 0) is 31.7 Å². The van der Waals surface area contributed by atoms with E-state index in [9.17, 15) is 0 Å². The maximum absolute atomic E-state index is 5.41. The highest BCUT2D eigenvalue weighted by atomic mass is 15.1. The molecular weight excluding hydrogens is 176 g/mol. The summed E-state index contributed by atoms with van der Waals surface area (Å²) in [7, 11) is 0. The van der Waals surface area contributed by atoms with E-state index >= 15 is 0 Å². The quantitative estimate of drug-likeness (QED) is 0.738. The van der Waals surface area contributed by atoms with Gasteiger partial charge in [-0.3, -0.25) is 0 Å². The van der Waals surface area contributed by atoms with Gasteiger partial charge < -0.3 is 11.1 Å². The number of nitrogens with two attached hydrogens (primary N) is 1. The lowest BCUT2D eigenvalue weighted by molar-refractivity contribution is 0.897. The maximum Gasteiger partial charge on any atom is 0.223 e. The smallest absolute Gasteiger partial charge is 0.223 e. The number of aromatic nitrogens is 2. The average Bonchev–Trinajstić information content (AvgIpc) is 2.63. The lowest BCUT2D eigenvalue weighted by Crippen LogP contribution is -2.15. The number of aryl methyl sites for hydroxylation is 2. The van der Waals surface area contributed by atoms with E-state index in [0.29, 0.717) is 6.54 Å². The molecule has 0 atom stereocenters. The van der Waals surface area contributed by atoms with Crippen LogP contribution in [0.3, 0.4) is 0 Å². The summed E-state index contributed by atoms with van der Waals surface area (Å²) in [5.41, 5.74) is 9.10. The largest absolute Gasteiger partial charge is 0.353 e. The molecule has 4 nitrogen and oxygen atoms in total. The molecule has 0 bridgehead atoms. The third-order valence-electron chi connectivity index (χ3n) is 2.57. The Hall–Kier alpha value is -1.16. The fourth-order valence-corrected chi connectivity index (χ4v) is 1.88. The molecule has 0 aromatic carbocycles. The van der Waals surface area contributed by atoms with Gasteiger partial charge in [0.2, 0.25) is 5.95 Å². The van der Waals surface area contributed by atoms with Gasteiger partial charge in [0, 0.05) is 24.5 Å². The van der Waals surface area contributed by atoms with Crippen LogP contribution in [0, 0.1) is 6.92 Å². The molecule has 1 aromatic rings. The van der Waals surface area contributed by atoms with Gasteiger partial charge in [-0.1, -0.05) is 0 Å². The molecule has 0 fully saturated rings. The van der Waals surface area contributed by atoms with Gasteiger partial charge in [-0.15, -0.1) is 0 Å². The Morgan fingerprint density at radius 3 is 3.00 bits per heavy atom. The minimum Gasteiger partial charge on any atom is -0.353 e. The first-order valence-electron chi connectivity index (χ1n) is 5.11. The Kier molecular flexibility index (Phi) is 2.63. The zero-order valence-corrected chi connectivity index (χ0v) is 8.51. The lowest BCUT2D eigenvalue weighted by atomic mass is 10.2. The van der Waals surface area contributed by atoms with Gasteiger partial charge in [-0.25, -0.2) is 9.97 Å². The fraction of sp³-hybridized carbons (Fsp3) is 0.600. The molecule has 14 heavy (non-hydrogen) atoms. The van der Waals surface area contributed by atoms with Crippen molar-refractivity contribution in [1.82, 2.24) is 9.97 Å². The number of anilines is 1. The van der Waals surface area contributed by atoms with Crippen LogP contribution in [0.15, 0.2) is 0 Å². The molecule has 0 saturated heterocycles. The van der Waals surface area contributed by atoms with E-state index in [1.807, 2.05) is 0 Å². The minimum atomic E-state index is 0.611. The molecule has 0 amide bonds. The van der Waals surface area contributed by atoms with E-state index in [1.165, 1.54) is 17.7 Å². The zero-order valence-electron chi connectivity index (χ0n) is 8.51. The van der Waals surface area contributed by atoms with Gasteiger partial charge in [0.05, 0.1) is 0 Å². The third-order valence-corrected chi connectivity index (χ3v) is 2.57. The standard InChI is InChI=1S/C10H16N4/c1-7-8-3-2-4-9(8)14-10(13-7)12-6-5-11/h2-6,11H2,1H3,(H,12,13,14). The molecule has 0 spiro atoms. The Morgan fingerprint density at radius 2 is 2.21 bits per heavy atom. The number of rotatable bonds is 3. The molecule has 0 unspecified atom stereocenters. The second-order valence-corrected chi connectivity index (χ2v) is 3.63. The molecular formula is C10H16N4. The summed E-state index contributed by atoms with van der Waals surface area (Å²) in [6.07, 6.45) is 3.44. The highest BCUT2D eigenvalue weighted by Crippen LogP contribution is 2.23. The van der Waals surface area contributed by atoms with Gasteiger partial charge >= 0.3 is 0 Å². The highest BCUT2D eigenvalue weighted by molar-refractivity contribution is 5.36. The first kappa shape index (κ1) is 9.40. The molecule has 1 aliphatic rings. The van der Waals surface area contributed by atoms with Crippen LogP contribution in [0.5, 0.6) is 0 Å². The third kappa shape index (κ3) is 1.70. The van der Waals surface area contributed by atoms with Crippen LogP contribution in [0.1, 0.15) is 23.4 Å². The van der Waals surface area contributed by atoms with Crippen molar-refractivity contribution in [3.63, 3.8) is 0 Å². The second kappa shape index (κ2) is 3.92. The molecule has 1 aliphatic carbocycles. The summed E-state index contributed by atoms with van der Waals surface area (Å²) in [5.74, 6) is 0.730. The van der Waals surface area contributed by atoms with E-state index in [1.54, 1.807) is 0 Å². The number of nitrogens with zero attached hydrogens (tertiary/aromatic N) is 2. The number of hydrogen-bond donors (Lipinski definition) is 2. The van der Waals surface area contributed by atoms with Crippen LogP contribution >= 0.6 is 0 Å². The maximum atomic E-state index is 5.41. The fourth-order valence-electron chi connectivity index (χ4n) is 1.88. The van der Waals surface area contributed by atoms with Gasteiger partial charge in [0.25, 0.3) is 0 Å². The highest BCUT2D eigenvalue weighted by Gasteiger charge is 2.16. The molecule has 0 aliphatic heterocycles. The van der Waals surface area contributed by atoms with Crippen LogP contribution < -0.4 is 11.1 Å². The van der Waals surface area contributed by atoms with Crippen LogP contribution in [0.2, 0.25) is 0 Å². The molecule has 2 rings (SSSR count). The van der Waals surface area contributed by atoms with Crippen molar-refractivity contribution in [2.45, 2.75) is 26.2 Å². The van der Waals surface area contributed by atoms with Crippen molar-refractivity contribution in [2.24, 2.45) is 5.73 Å². The number of nitrogens with one attached hydrogen (secondary N) is 1. The summed E-state index contributed by atoms with van der Waals surface area (Å²) < 4.78 is 0. The van der Waals surface area contributed by atoms with E-state index in [2.05, 4.69) is 22.2 Å². The first-order chi connectivity index (χ1) is 6.81. The Morgan fingerprint density at radius 1 is 1.36 bits per heavy atom. The SMILES string of the molecule is Cc1nc(NCCN)nc2c1CCC2. The van der Waals surface area contributed by atoms with Crippen LogP contribution in [0.4, 0.5) is 5.95 Å². The summed E-state index contributed by atoms with van der Waals surface area (Å²) in [5, 5.41) is 3.12. The average molecular weight is 192 g/mol. The number of hydrogen-bond acceptors (Lipinski definition) is 4. The minimum absolute atomic E-state index is 0.611. The normalized spacial score (nSPS) is 14.1. The topological polar surface area (TPSA) is 63.8 Å². The second-order valence-electron chi connectivity index (χ2n) is 3.63. The van der Waals surface area contributed by atoms with E-state index in [0.717, 1.165) is 31.0 Å². The predicted octanol–water partition coefficient (Wildman–Crippen LogP) is 0.644. The van der Waals surface area contributed by atoms with Crippen molar-refractivity contribution in [1.29, 1.82) is 0 Å². The molecule has 4 heteroatoms. The summed E-state index contributed by atoms with van der Waals surface area (Å²) in [6, 6.07) is 0. The summed E-state index contributed by atoms with van der Waals surface area (Å²) in [4.78, 5) is 8.88. The molecule has 1 heterocycles. The lowest BCUT2D eigenvalue weighted by Gasteiger charge is -2.07. The number of fused-ring (bicyclic) bond motifs is 1. The summed E-state index contributed by atoms with van der Waals surface area (Å²) in [6.45, 7) is 3.40. The van der Waals surface area contributed by atoms with Gasteiger partial charge in [0.1, 0.15) is 0 Å². The van der Waals surface area contributed by atoms with Crippen LogP contribution in [-0.2, 0) is 12.8 Å². The van der Waals surface area contributed by atoms with Crippen LogP contribution in [-0.4, -0.2) is 23.1 Å². The first-order valence-corrected chi connectivity index (χ1v) is 5.11. The van der Waals surface area contributed by atoms with Crippen molar-refractivity contribution in [2.75, 3.05) is 18.4 Å². The molecule has 0 radical (unpaired) electrons. The Labute approximate surface area is 83.9 Å². The van der Waals surface area contributed by atoms with Crippen molar-refractivity contribution in [3.05, 3.63) is 17.0 Å². The molecule has 76 valence electrons. The monoisotopic (exact) mass is 192 g/mol. The van der Waals surface area contributed by atoms with Crippen molar-refractivity contribution >= 4 is 5.95 Å². The molecule has 0 saturated carbocycles. The Bertz CT molecular complexity index is 335. The van der Waals surface area contributed by atoms with Crippen LogP contribution in [0.25, 0.3) is 0 Å². The molecule has 1 aromatic heterocycles. The van der Waals surface area contributed by atoms with Gasteiger partial charge in [-0.2, -0.15) is 0 Å². The van der Waals surface area contributed by atoms with Crippen molar-refractivity contribution in [3.8, 4) is 0 Å².